The van der Waals surface area contributed by atoms with Crippen molar-refractivity contribution in [1.82, 2.24) is 0 Å². The fourth-order valence-corrected chi connectivity index (χ4v) is 1.68. The molecule has 0 radical (unpaired) electrons. The number of benzene rings is 1. The van der Waals surface area contributed by atoms with Crippen LogP contribution in [0.1, 0.15) is 31.1 Å². The van der Waals surface area contributed by atoms with Crippen LogP contribution in [0, 0.1) is 0 Å². The molecule has 0 unspecified atom stereocenters. The smallest absolute Gasteiger partial charge is 0.191 e. The van der Waals surface area contributed by atoms with Gasteiger partial charge in [0, 0.05) is 18.8 Å². The van der Waals surface area contributed by atoms with Crippen molar-refractivity contribution < 1.29 is 23.7 Å². The monoisotopic (exact) mass is 282 g/mol. The molecule has 0 bridgehead atoms. The minimum Gasteiger partial charge on any atom is -0.493 e. The number of hydrogen-bond donors (Lipinski definition) is 0. The minimum atomic E-state index is -0.415. The number of hydrogen-bond acceptors (Lipinski definition) is 5. The largest absolute Gasteiger partial charge is 0.493 e. The number of ether oxygens (including phenoxy) is 4. The molecule has 0 aliphatic heterocycles. The first-order valence-corrected chi connectivity index (χ1v) is 6.67. The summed E-state index contributed by atoms with van der Waals surface area (Å²) in [4.78, 5) is 11.3. The second-order valence-electron chi connectivity index (χ2n) is 4.07. The SMILES string of the molecule is CCOC(COc1ccc(C(C)=O)cc1OC)OCC. The molecule has 0 spiro atoms. The van der Waals surface area contributed by atoms with Gasteiger partial charge in [-0.3, -0.25) is 4.79 Å². The normalized spacial score (nSPS) is 10.7. The summed E-state index contributed by atoms with van der Waals surface area (Å²) in [7, 11) is 1.54. The molecule has 0 aromatic heterocycles. The molecule has 1 rings (SSSR count). The molecule has 0 saturated carbocycles. The lowest BCUT2D eigenvalue weighted by Crippen LogP contribution is -2.25. The summed E-state index contributed by atoms with van der Waals surface area (Å²) in [6.45, 7) is 6.67. The van der Waals surface area contributed by atoms with Crippen LogP contribution in [0.4, 0.5) is 0 Å². The topological polar surface area (TPSA) is 54.0 Å². The third kappa shape index (κ3) is 4.83. The maximum Gasteiger partial charge on any atom is 0.191 e. The predicted octanol–water partition coefficient (Wildman–Crippen LogP) is 2.68. The van der Waals surface area contributed by atoms with E-state index in [1.165, 1.54) is 14.0 Å². The van der Waals surface area contributed by atoms with Gasteiger partial charge in [-0.1, -0.05) is 0 Å². The van der Waals surface area contributed by atoms with E-state index < -0.39 is 6.29 Å². The Morgan fingerprint density at radius 2 is 1.80 bits per heavy atom. The number of ketones is 1. The molecule has 20 heavy (non-hydrogen) atoms. The second-order valence-corrected chi connectivity index (χ2v) is 4.07. The lowest BCUT2D eigenvalue weighted by molar-refractivity contribution is -0.152. The molecule has 0 heterocycles. The van der Waals surface area contributed by atoms with E-state index >= 15 is 0 Å². The van der Waals surface area contributed by atoms with Crippen LogP contribution in [0.5, 0.6) is 11.5 Å². The van der Waals surface area contributed by atoms with Crippen LogP contribution in [-0.2, 0) is 9.47 Å². The van der Waals surface area contributed by atoms with E-state index in [9.17, 15) is 4.79 Å². The van der Waals surface area contributed by atoms with E-state index in [2.05, 4.69) is 0 Å². The number of carbonyl (C=O) groups excluding carboxylic acids is 1. The van der Waals surface area contributed by atoms with E-state index in [0.717, 1.165) is 0 Å². The van der Waals surface area contributed by atoms with Gasteiger partial charge in [-0.2, -0.15) is 0 Å². The molecule has 0 aliphatic carbocycles. The molecule has 1 aromatic carbocycles. The zero-order valence-corrected chi connectivity index (χ0v) is 12.5. The lowest BCUT2D eigenvalue weighted by atomic mass is 10.1. The van der Waals surface area contributed by atoms with Crippen LogP contribution in [0.3, 0.4) is 0 Å². The number of methoxy groups -OCH3 is 1. The van der Waals surface area contributed by atoms with E-state index in [1.807, 2.05) is 13.8 Å². The Morgan fingerprint density at radius 3 is 2.30 bits per heavy atom. The van der Waals surface area contributed by atoms with E-state index in [4.69, 9.17) is 18.9 Å². The van der Waals surface area contributed by atoms with Gasteiger partial charge in [0.05, 0.1) is 7.11 Å². The van der Waals surface area contributed by atoms with Crippen molar-refractivity contribution in [3.8, 4) is 11.5 Å². The van der Waals surface area contributed by atoms with Gasteiger partial charge in [0.2, 0.25) is 0 Å². The molecule has 1 aromatic rings. The van der Waals surface area contributed by atoms with Gasteiger partial charge in [-0.05, 0) is 39.0 Å². The van der Waals surface area contributed by atoms with Crippen molar-refractivity contribution in [2.75, 3.05) is 26.9 Å². The first-order valence-electron chi connectivity index (χ1n) is 6.67. The van der Waals surface area contributed by atoms with Gasteiger partial charge >= 0.3 is 0 Å². The molecule has 0 atom stereocenters. The average molecular weight is 282 g/mol. The maximum atomic E-state index is 11.3. The molecule has 112 valence electrons. The van der Waals surface area contributed by atoms with Crippen molar-refractivity contribution in [2.45, 2.75) is 27.1 Å². The summed E-state index contributed by atoms with van der Waals surface area (Å²) in [5, 5.41) is 0. The molecule has 0 fully saturated rings. The highest BCUT2D eigenvalue weighted by molar-refractivity contribution is 5.94. The molecule has 0 aliphatic rings. The quantitative estimate of drug-likeness (QED) is 0.515. The van der Waals surface area contributed by atoms with Crippen molar-refractivity contribution in [2.24, 2.45) is 0 Å². The molecule has 0 N–H and O–H groups in total. The van der Waals surface area contributed by atoms with Crippen LogP contribution in [0.2, 0.25) is 0 Å². The summed E-state index contributed by atoms with van der Waals surface area (Å²) in [6, 6.07) is 5.08. The highest BCUT2D eigenvalue weighted by Gasteiger charge is 2.12. The first-order chi connectivity index (χ1) is 9.62. The molecular weight excluding hydrogens is 260 g/mol. The Labute approximate surface area is 119 Å². The Kier molecular flexibility index (Phi) is 7.04. The summed E-state index contributed by atoms with van der Waals surface area (Å²) in [6.07, 6.45) is -0.415. The van der Waals surface area contributed by atoms with E-state index in [-0.39, 0.29) is 12.4 Å². The van der Waals surface area contributed by atoms with Crippen molar-refractivity contribution in [3.63, 3.8) is 0 Å². The first kappa shape index (κ1) is 16.5. The van der Waals surface area contributed by atoms with Crippen LogP contribution in [0.25, 0.3) is 0 Å². The van der Waals surface area contributed by atoms with Crippen LogP contribution in [0.15, 0.2) is 18.2 Å². The molecule has 0 saturated heterocycles. The molecular formula is C15H22O5. The summed E-state index contributed by atoms with van der Waals surface area (Å²) in [5.41, 5.74) is 0.584. The number of carbonyl (C=O) groups is 1. The standard InChI is InChI=1S/C15H22O5/c1-5-18-15(19-6-2)10-20-13-8-7-12(11(3)16)9-14(13)17-4/h7-9,15H,5-6,10H2,1-4H3. The fraction of sp³-hybridized carbons (Fsp3) is 0.533. The third-order valence-electron chi connectivity index (χ3n) is 2.65. The molecule has 5 heteroatoms. The highest BCUT2D eigenvalue weighted by atomic mass is 16.7. The Balaban J connectivity index is 2.73. The maximum absolute atomic E-state index is 11.3. The van der Waals surface area contributed by atoms with Crippen molar-refractivity contribution in [3.05, 3.63) is 23.8 Å². The van der Waals surface area contributed by atoms with Gasteiger partial charge in [-0.25, -0.2) is 0 Å². The third-order valence-corrected chi connectivity index (χ3v) is 2.65. The lowest BCUT2D eigenvalue weighted by Gasteiger charge is -2.18. The molecule has 0 amide bonds. The molecule has 5 nitrogen and oxygen atoms in total. The highest BCUT2D eigenvalue weighted by Crippen LogP contribution is 2.28. The van der Waals surface area contributed by atoms with Gasteiger partial charge in [0.1, 0.15) is 6.61 Å². The predicted molar refractivity (Wildman–Crippen MR) is 75.5 cm³/mol. The van der Waals surface area contributed by atoms with E-state index in [1.54, 1.807) is 18.2 Å². The Morgan fingerprint density at radius 1 is 1.15 bits per heavy atom. The zero-order valence-electron chi connectivity index (χ0n) is 12.5. The Bertz CT molecular complexity index is 424. The summed E-state index contributed by atoms with van der Waals surface area (Å²) >= 11 is 0. The zero-order chi connectivity index (χ0) is 15.0. The fourth-order valence-electron chi connectivity index (χ4n) is 1.68. The summed E-state index contributed by atoms with van der Waals surface area (Å²) in [5.74, 6) is 1.06. The summed E-state index contributed by atoms with van der Waals surface area (Å²) < 4.78 is 21.7. The number of Topliss-reactive ketones (excluding diaryl/α,β-unsaturated/α-hetero) is 1. The van der Waals surface area contributed by atoms with Crippen LogP contribution < -0.4 is 9.47 Å². The van der Waals surface area contributed by atoms with Crippen LogP contribution >= 0.6 is 0 Å². The van der Waals surface area contributed by atoms with Gasteiger partial charge in [0.15, 0.2) is 23.6 Å². The van der Waals surface area contributed by atoms with Crippen molar-refractivity contribution >= 4 is 5.78 Å². The van der Waals surface area contributed by atoms with Gasteiger partial charge < -0.3 is 18.9 Å². The van der Waals surface area contributed by atoms with E-state index in [0.29, 0.717) is 30.3 Å². The Hall–Kier alpha value is -1.59. The van der Waals surface area contributed by atoms with Gasteiger partial charge in [0.25, 0.3) is 0 Å². The number of rotatable bonds is 9. The van der Waals surface area contributed by atoms with Gasteiger partial charge in [-0.15, -0.1) is 0 Å². The average Bonchev–Trinajstić information content (AvgIpc) is 2.45. The second kappa shape index (κ2) is 8.55. The minimum absolute atomic E-state index is 0.0173. The van der Waals surface area contributed by atoms with Crippen LogP contribution in [-0.4, -0.2) is 39.0 Å². The van der Waals surface area contributed by atoms with Crippen molar-refractivity contribution in [1.29, 1.82) is 0 Å².